The fourth-order valence-electron chi connectivity index (χ4n) is 4.89. The van der Waals surface area contributed by atoms with Crippen molar-refractivity contribution in [2.24, 2.45) is 0 Å². The third kappa shape index (κ3) is 4.16. The standard InChI is InChI=1S/C26H24ClNO7S/c1-3-10-34-20-7-5-15(12-21(20)33-4-2)23-22-24(29)18-13-16(27)6-8-19(18)35-25(22)26(30)28(23)17-9-11-36(31,32)14-17/h3,5-8,12-13,17,23H,1,4,9-11,14H2,2H3. The lowest BCUT2D eigenvalue weighted by Gasteiger charge is -2.30. The Morgan fingerprint density at radius 2 is 1.97 bits per heavy atom. The highest BCUT2D eigenvalue weighted by atomic mass is 35.5. The van der Waals surface area contributed by atoms with E-state index in [1.54, 1.807) is 36.4 Å². The Morgan fingerprint density at radius 1 is 1.17 bits per heavy atom. The number of carbonyl (C=O) groups is 1. The van der Waals surface area contributed by atoms with Gasteiger partial charge in [0.2, 0.25) is 5.76 Å². The second-order valence-corrected chi connectivity index (χ2v) is 11.4. The van der Waals surface area contributed by atoms with Crippen LogP contribution in [0.2, 0.25) is 5.02 Å². The zero-order chi connectivity index (χ0) is 25.6. The number of rotatable bonds is 7. The molecule has 3 aromatic rings. The molecule has 0 N–H and O–H groups in total. The van der Waals surface area contributed by atoms with Gasteiger partial charge in [0.1, 0.15) is 12.2 Å². The zero-order valence-electron chi connectivity index (χ0n) is 19.5. The number of nitrogens with zero attached hydrogens (tertiary/aromatic N) is 1. The molecule has 1 amide bonds. The van der Waals surface area contributed by atoms with Crippen molar-refractivity contribution < 1.29 is 27.1 Å². The van der Waals surface area contributed by atoms with Gasteiger partial charge in [0, 0.05) is 11.1 Å². The minimum Gasteiger partial charge on any atom is -0.490 e. The van der Waals surface area contributed by atoms with Crippen LogP contribution in [0.15, 0.2) is 58.3 Å². The maximum atomic E-state index is 13.7. The topological polar surface area (TPSA) is 103 Å². The Hall–Kier alpha value is -3.30. The molecule has 36 heavy (non-hydrogen) atoms. The van der Waals surface area contributed by atoms with Crippen molar-refractivity contribution in [1.29, 1.82) is 0 Å². The minimum atomic E-state index is -3.31. The van der Waals surface area contributed by atoms with E-state index in [1.807, 2.05) is 6.92 Å². The Balaban J connectivity index is 1.72. The number of carbonyl (C=O) groups excluding carboxylic acids is 1. The SMILES string of the molecule is C=CCOc1ccc(C2c3c(oc4ccc(Cl)cc4c3=O)C(=O)N2C2CCS(=O)(=O)C2)cc1OCC. The van der Waals surface area contributed by atoms with Crippen molar-refractivity contribution >= 4 is 38.3 Å². The number of fused-ring (bicyclic) bond motifs is 2. The molecule has 1 aromatic heterocycles. The number of amides is 1. The van der Waals surface area contributed by atoms with Gasteiger partial charge in [-0.1, -0.05) is 30.3 Å². The Labute approximate surface area is 213 Å². The highest BCUT2D eigenvalue weighted by molar-refractivity contribution is 7.91. The van der Waals surface area contributed by atoms with E-state index >= 15 is 0 Å². The van der Waals surface area contributed by atoms with Crippen LogP contribution in [-0.2, 0) is 9.84 Å². The second kappa shape index (κ2) is 9.29. The summed E-state index contributed by atoms with van der Waals surface area (Å²) in [5.41, 5.74) is 0.579. The molecule has 2 aliphatic heterocycles. The van der Waals surface area contributed by atoms with Gasteiger partial charge in [0.05, 0.1) is 35.1 Å². The van der Waals surface area contributed by atoms with Gasteiger partial charge in [0.15, 0.2) is 26.8 Å². The summed E-state index contributed by atoms with van der Waals surface area (Å²) in [7, 11) is -3.31. The van der Waals surface area contributed by atoms with Crippen LogP contribution in [0.1, 0.15) is 41.1 Å². The molecule has 1 fully saturated rings. The van der Waals surface area contributed by atoms with Crippen LogP contribution in [0.5, 0.6) is 11.5 Å². The smallest absolute Gasteiger partial charge is 0.291 e. The largest absolute Gasteiger partial charge is 0.490 e. The fourth-order valence-corrected chi connectivity index (χ4v) is 6.78. The van der Waals surface area contributed by atoms with Gasteiger partial charge in [-0.15, -0.1) is 0 Å². The summed E-state index contributed by atoms with van der Waals surface area (Å²) in [6, 6.07) is 8.32. The van der Waals surface area contributed by atoms with Crippen molar-refractivity contribution in [3.8, 4) is 11.5 Å². The van der Waals surface area contributed by atoms with E-state index in [-0.39, 0.29) is 52.3 Å². The van der Waals surface area contributed by atoms with Crippen LogP contribution < -0.4 is 14.9 Å². The first kappa shape index (κ1) is 24.4. The molecule has 2 unspecified atom stereocenters. The molecule has 0 spiro atoms. The van der Waals surface area contributed by atoms with Gasteiger partial charge in [-0.2, -0.15) is 0 Å². The number of hydrogen-bond donors (Lipinski definition) is 0. The molecule has 8 nitrogen and oxygen atoms in total. The van der Waals surface area contributed by atoms with E-state index < -0.39 is 27.8 Å². The van der Waals surface area contributed by atoms with Crippen molar-refractivity contribution in [3.05, 3.63) is 81.2 Å². The van der Waals surface area contributed by atoms with E-state index in [1.165, 1.54) is 11.0 Å². The first-order chi connectivity index (χ1) is 17.2. The van der Waals surface area contributed by atoms with Crippen molar-refractivity contribution in [2.45, 2.75) is 25.4 Å². The number of hydrogen-bond acceptors (Lipinski definition) is 7. The molecule has 0 bridgehead atoms. The molecule has 0 aliphatic carbocycles. The lowest BCUT2D eigenvalue weighted by atomic mass is 9.97. The van der Waals surface area contributed by atoms with Crippen LogP contribution in [0.4, 0.5) is 0 Å². The lowest BCUT2D eigenvalue weighted by Crippen LogP contribution is -2.40. The molecular formula is C26H24ClNO7S. The number of sulfone groups is 1. The molecular weight excluding hydrogens is 506 g/mol. The Morgan fingerprint density at radius 3 is 2.67 bits per heavy atom. The summed E-state index contributed by atoms with van der Waals surface area (Å²) in [5, 5.41) is 0.604. The van der Waals surface area contributed by atoms with Crippen LogP contribution in [0.3, 0.4) is 0 Å². The molecule has 2 aromatic carbocycles. The van der Waals surface area contributed by atoms with Crippen molar-refractivity contribution in [2.75, 3.05) is 24.7 Å². The first-order valence-electron chi connectivity index (χ1n) is 11.5. The third-order valence-corrected chi connectivity index (χ3v) is 8.40. The van der Waals surface area contributed by atoms with Gasteiger partial charge >= 0.3 is 0 Å². The monoisotopic (exact) mass is 529 g/mol. The van der Waals surface area contributed by atoms with Gasteiger partial charge < -0.3 is 18.8 Å². The van der Waals surface area contributed by atoms with E-state index in [0.717, 1.165) is 0 Å². The summed E-state index contributed by atoms with van der Waals surface area (Å²) in [6.07, 6.45) is 1.89. The first-order valence-corrected chi connectivity index (χ1v) is 13.7. The average Bonchev–Trinajstić information content (AvgIpc) is 3.35. The lowest BCUT2D eigenvalue weighted by molar-refractivity contribution is 0.0662. The Bertz CT molecular complexity index is 1550. The summed E-state index contributed by atoms with van der Waals surface area (Å²) in [5.74, 6) is 0.108. The van der Waals surface area contributed by atoms with E-state index in [4.69, 9.17) is 25.5 Å². The molecule has 2 atom stereocenters. The normalized spacial score (nSPS) is 20.5. The highest BCUT2D eigenvalue weighted by Gasteiger charge is 2.48. The van der Waals surface area contributed by atoms with Crippen LogP contribution >= 0.6 is 11.6 Å². The molecule has 5 rings (SSSR count). The van der Waals surface area contributed by atoms with Crippen LogP contribution in [-0.4, -0.2) is 50.0 Å². The molecule has 0 radical (unpaired) electrons. The number of halogens is 1. The third-order valence-electron chi connectivity index (χ3n) is 6.41. The molecule has 3 heterocycles. The minimum absolute atomic E-state index is 0.0258. The van der Waals surface area contributed by atoms with Gasteiger partial charge in [-0.05, 0) is 49.2 Å². The maximum absolute atomic E-state index is 13.7. The predicted octanol–water partition coefficient (Wildman–Crippen LogP) is 4.14. The summed E-state index contributed by atoms with van der Waals surface area (Å²) >= 11 is 6.14. The number of benzene rings is 2. The van der Waals surface area contributed by atoms with E-state index in [9.17, 15) is 18.0 Å². The summed E-state index contributed by atoms with van der Waals surface area (Å²) < 4.78 is 42.0. The van der Waals surface area contributed by atoms with Crippen molar-refractivity contribution in [3.63, 3.8) is 0 Å². The molecule has 188 valence electrons. The maximum Gasteiger partial charge on any atom is 0.291 e. The summed E-state index contributed by atoms with van der Waals surface area (Å²) in [6.45, 7) is 6.13. The quantitative estimate of drug-likeness (QED) is 0.424. The fraction of sp³-hybridized carbons (Fsp3) is 0.308. The Kier molecular flexibility index (Phi) is 6.30. The van der Waals surface area contributed by atoms with Crippen LogP contribution in [0, 0.1) is 0 Å². The van der Waals surface area contributed by atoms with Crippen LogP contribution in [0.25, 0.3) is 11.0 Å². The average molecular weight is 530 g/mol. The number of ether oxygens (including phenoxy) is 2. The van der Waals surface area contributed by atoms with Crippen molar-refractivity contribution in [1.82, 2.24) is 4.90 Å². The predicted molar refractivity (Wildman–Crippen MR) is 136 cm³/mol. The molecule has 0 saturated carbocycles. The van der Waals surface area contributed by atoms with Gasteiger partial charge in [-0.3, -0.25) is 9.59 Å². The second-order valence-electron chi connectivity index (χ2n) is 8.73. The molecule has 2 aliphatic rings. The van der Waals surface area contributed by atoms with E-state index in [2.05, 4.69) is 6.58 Å². The van der Waals surface area contributed by atoms with E-state index in [0.29, 0.717) is 28.7 Å². The summed E-state index contributed by atoms with van der Waals surface area (Å²) in [4.78, 5) is 28.9. The highest BCUT2D eigenvalue weighted by Crippen LogP contribution is 2.43. The van der Waals surface area contributed by atoms with Gasteiger partial charge in [-0.25, -0.2) is 8.42 Å². The molecule has 10 heteroatoms. The zero-order valence-corrected chi connectivity index (χ0v) is 21.1. The molecule has 1 saturated heterocycles. The van der Waals surface area contributed by atoms with Gasteiger partial charge in [0.25, 0.3) is 5.91 Å².